The van der Waals surface area contributed by atoms with Crippen LogP contribution in [0.1, 0.15) is 5.56 Å². The van der Waals surface area contributed by atoms with Gasteiger partial charge in [0.1, 0.15) is 11.3 Å². The van der Waals surface area contributed by atoms with Gasteiger partial charge in [0, 0.05) is 11.6 Å². The molecular formula is C19H12Cl2N2O5S. The first-order valence-corrected chi connectivity index (χ1v) is 9.39. The molecule has 0 aromatic heterocycles. The van der Waals surface area contributed by atoms with Crippen molar-refractivity contribution in [1.82, 2.24) is 5.32 Å². The Morgan fingerprint density at radius 2 is 1.86 bits per heavy atom. The lowest BCUT2D eigenvalue weighted by Gasteiger charge is -2.29. The van der Waals surface area contributed by atoms with Crippen LogP contribution in [0, 0.1) is 0 Å². The maximum absolute atomic E-state index is 13.1. The summed E-state index contributed by atoms with van der Waals surface area (Å²) in [6.07, 6.45) is 1.41. The number of carbonyl (C=O) groups excluding carboxylic acids is 2. The van der Waals surface area contributed by atoms with E-state index in [-0.39, 0.29) is 22.5 Å². The van der Waals surface area contributed by atoms with Gasteiger partial charge in [-0.25, -0.2) is 0 Å². The van der Waals surface area contributed by atoms with Gasteiger partial charge in [-0.2, -0.15) is 0 Å². The Kier molecular flexibility index (Phi) is 5.08. The third-order valence-corrected chi connectivity index (χ3v) is 5.31. The van der Waals surface area contributed by atoms with E-state index in [1.54, 1.807) is 18.2 Å². The van der Waals surface area contributed by atoms with E-state index in [9.17, 15) is 9.59 Å². The SMILES string of the molecule is COc1cc2c(cc1/C=C1/C(=O)NC(=S)N(c3ccc(Cl)c(Cl)c3)C1=O)OCO2. The van der Waals surface area contributed by atoms with Gasteiger partial charge in [0.05, 0.1) is 22.8 Å². The van der Waals surface area contributed by atoms with Crippen molar-refractivity contribution in [3.63, 3.8) is 0 Å². The highest BCUT2D eigenvalue weighted by Gasteiger charge is 2.35. The summed E-state index contributed by atoms with van der Waals surface area (Å²) in [5, 5.41) is 3.03. The molecular weight excluding hydrogens is 439 g/mol. The van der Waals surface area contributed by atoms with Crippen molar-refractivity contribution in [2.24, 2.45) is 0 Å². The molecule has 1 saturated heterocycles. The van der Waals surface area contributed by atoms with Crippen LogP contribution in [0.15, 0.2) is 35.9 Å². The lowest BCUT2D eigenvalue weighted by molar-refractivity contribution is -0.122. The molecule has 0 radical (unpaired) electrons. The molecule has 1 N–H and O–H groups in total. The van der Waals surface area contributed by atoms with Crippen LogP contribution in [0.25, 0.3) is 6.08 Å². The Morgan fingerprint density at radius 3 is 2.55 bits per heavy atom. The summed E-state index contributed by atoms with van der Waals surface area (Å²) in [5.41, 5.74) is 0.706. The van der Waals surface area contributed by atoms with E-state index >= 15 is 0 Å². The van der Waals surface area contributed by atoms with Crippen molar-refractivity contribution in [3.05, 3.63) is 51.5 Å². The Morgan fingerprint density at radius 1 is 1.14 bits per heavy atom. The molecule has 0 saturated carbocycles. The second-order valence-electron chi connectivity index (χ2n) is 6.00. The zero-order valence-electron chi connectivity index (χ0n) is 14.8. The molecule has 2 aliphatic rings. The van der Waals surface area contributed by atoms with Crippen LogP contribution in [-0.4, -0.2) is 30.8 Å². The number of ether oxygens (including phenoxy) is 3. The fourth-order valence-corrected chi connectivity index (χ4v) is 3.47. The number of rotatable bonds is 3. The number of amides is 2. The number of nitrogens with one attached hydrogen (secondary N) is 1. The molecule has 2 heterocycles. The van der Waals surface area contributed by atoms with Gasteiger partial charge in [0.25, 0.3) is 11.8 Å². The van der Waals surface area contributed by atoms with E-state index in [2.05, 4.69) is 5.32 Å². The van der Waals surface area contributed by atoms with Crippen LogP contribution < -0.4 is 24.4 Å². The number of fused-ring (bicyclic) bond motifs is 1. The van der Waals surface area contributed by atoms with Gasteiger partial charge in [-0.3, -0.25) is 19.8 Å². The molecule has 4 rings (SSSR count). The molecule has 1 fully saturated rings. The lowest BCUT2D eigenvalue weighted by Crippen LogP contribution is -2.54. The average Bonchev–Trinajstić information content (AvgIpc) is 3.14. The Balaban J connectivity index is 1.77. The molecule has 2 aromatic rings. The highest BCUT2D eigenvalue weighted by molar-refractivity contribution is 7.80. The van der Waals surface area contributed by atoms with Crippen molar-refractivity contribution < 1.29 is 23.8 Å². The van der Waals surface area contributed by atoms with Crippen molar-refractivity contribution in [3.8, 4) is 17.2 Å². The highest BCUT2D eigenvalue weighted by Crippen LogP contribution is 2.39. The van der Waals surface area contributed by atoms with Crippen molar-refractivity contribution >= 4 is 64.1 Å². The lowest BCUT2D eigenvalue weighted by atomic mass is 10.1. The quantitative estimate of drug-likeness (QED) is 0.437. The predicted molar refractivity (Wildman–Crippen MR) is 112 cm³/mol. The monoisotopic (exact) mass is 450 g/mol. The van der Waals surface area contributed by atoms with Crippen LogP contribution >= 0.6 is 35.4 Å². The topological polar surface area (TPSA) is 77.1 Å². The van der Waals surface area contributed by atoms with Gasteiger partial charge in [0.15, 0.2) is 16.6 Å². The molecule has 10 heteroatoms. The number of hydrogen-bond acceptors (Lipinski definition) is 6. The number of halogens is 2. The molecule has 148 valence electrons. The van der Waals surface area contributed by atoms with Crippen molar-refractivity contribution in [1.29, 1.82) is 0 Å². The minimum absolute atomic E-state index is 0.0619. The van der Waals surface area contributed by atoms with E-state index in [0.717, 1.165) is 0 Å². The summed E-state index contributed by atoms with van der Waals surface area (Å²) in [6.45, 7) is 0.0807. The van der Waals surface area contributed by atoms with Crippen LogP contribution in [0.5, 0.6) is 17.2 Å². The van der Waals surface area contributed by atoms with Crippen molar-refractivity contribution in [2.75, 3.05) is 18.8 Å². The molecule has 0 bridgehead atoms. The standard InChI is InChI=1S/C19H12Cl2N2O5S/c1-26-14-7-16-15(27-8-28-16)5-9(14)4-11-17(24)22-19(29)23(18(11)25)10-2-3-12(20)13(21)6-10/h2-7H,8H2,1H3,(H,22,24,29)/b11-4-. The summed E-state index contributed by atoms with van der Waals surface area (Å²) in [4.78, 5) is 26.8. The molecule has 0 unspecified atom stereocenters. The van der Waals surface area contributed by atoms with E-state index < -0.39 is 11.8 Å². The minimum atomic E-state index is -0.629. The minimum Gasteiger partial charge on any atom is -0.496 e. The maximum Gasteiger partial charge on any atom is 0.270 e. The largest absolute Gasteiger partial charge is 0.496 e. The molecule has 0 spiro atoms. The van der Waals surface area contributed by atoms with Gasteiger partial charge >= 0.3 is 0 Å². The zero-order chi connectivity index (χ0) is 20.7. The summed E-state index contributed by atoms with van der Waals surface area (Å²) in [7, 11) is 1.47. The second-order valence-corrected chi connectivity index (χ2v) is 7.20. The first-order valence-electron chi connectivity index (χ1n) is 8.23. The normalized spacial score (nSPS) is 17.0. The molecule has 0 aliphatic carbocycles. The summed E-state index contributed by atoms with van der Waals surface area (Å²) in [5.74, 6) is 0.171. The number of nitrogens with zero attached hydrogens (tertiary/aromatic N) is 1. The van der Waals surface area contributed by atoms with Crippen LogP contribution in [0.4, 0.5) is 5.69 Å². The summed E-state index contributed by atoms with van der Waals surface area (Å²) < 4.78 is 16.0. The van der Waals surface area contributed by atoms with E-state index in [1.165, 1.54) is 30.2 Å². The van der Waals surface area contributed by atoms with E-state index in [4.69, 9.17) is 49.6 Å². The van der Waals surface area contributed by atoms with E-state index in [1.807, 2.05) is 0 Å². The molecule has 29 heavy (non-hydrogen) atoms. The van der Waals surface area contributed by atoms with Gasteiger partial charge in [-0.15, -0.1) is 0 Å². The number of methoxy groups -OCH3 is 1. The first-order chi connectivity index (χ1) is 13.9. The third-order valence-electron chi connectivity index (χ3n) is 4.29. The van der Waals surface area contributed by atoms with E-state index in [0.29, 0.717) is 33.5 Å². The molecule has 2 aliphatic heterocycles. The average molecular weight is 451 g/mol. The summed E-state index contributed by atoms with van der Waals surface area (Å²) >= 11 is 17.2. The number of benzene rings is 2. The molecule has 2 aromatic carbocycles. The Bertz CT molecular complexity index is 1100. The van der Waals surface area contributed by atoms with Crippen LogP contribution in [0.2, 0.25) is 10.0 Å². The zero-order valence-corrected chi connectivity index (χ0v) is 17.2. The Labute approximate surface area is 180 Å². The Hall–Kier alpha value is -2.81. The van der Waals surface area contributed by atoms with Crippen LogP contribution in [0.3, 0.4) is 0 Å². The fraction of sp³-hybridized carbons (Fsp3) is 0.105. The number of hydrogen-bond donors (Lipinski definition) is 1. The van der Waals surface area contributed by atoms with Gasteiger partial charge in [-0.05, 0) is 42.6 Å². The summed E-state index contributed by atoms with van der Waals surface area (Å²) in [6, 6.07) is 7.86. The molecule has 2 amide bonds. The first kappa shape index (κ1) is 19.5. The number of carbonyl (C=O) groups is 2. The third kappa shape index (κ3) is 3.50. The fourth-order valence-electron chi connectivity index (χ4n) is 2.90. The van der Waals surface area contributed by atoms with Gasteiger partial charge < -0.3 is 14.2 Å². The predicted octanol–water partition coefficient (Wildman–Crippen LogP) is 3.56. The smallest absolute Gasteiger partial charge is 0.270 e. The van der Waals surface area contributed by atoms with Gasteiger partial charge in [0.2, 0.25) is 6.79 Å². The number of anilines is 1. The number of thiocarbonyl (C=S) groups is 1. The van der Waals surface area contributed by atoms with Gasteiger partial charge in [-0.1, -0.05) is 23.2 Å². The van der Waals surface area contributed by atoms with Crippen LogP contribution in [-0.2, 0) is 9.59 Å². The second kappa shape index (κ2) is 7.55. The highest BCUT2D eigenvalue weighted by atomic mass is 35.5. The molecule has 7 nitrogen and oxygen atoms in total. The maximum atomic E-state index is 13.1. The van der Waals surface area contributed by atoms with Crippen molar-refractivity contribution in [2.45, 2.75) is 0 Å². The molecule has 0 atom stereocenters.